The van der Waals surface area contributed by atoms with Crippen LogP contribution in [0.3, 0.4) is 0 Å². The van der Waals surface area contributed by atoms with Crippen LogP contribution in [-0.4, -0.2) is 17.2 Å². The molecule has 0 fully saturated rings. The number of phenolic OH excluding ortho intramolecular Hbond substituents is 1. The van der Waals surface area contributed by atoms with Crippen LogP contribution in [0.1, 0.15) is 11.1 Å². The van der Waals surface area contributed by atoms with Gasteiger partial charge >= 0.3 is 0 Å². The number of carbonyl (C=O) groups is 1. The van der Waals surface area contributed by atoms with E-state index in [4.69, 9.17) is 11.6 Å². The van der Waals surface area contributed by atoms with Gasteiger partial charge in [0.15, 0.2) is 0 Å². The highest BCUT2D eigenvalue weighted by molar-refractivity contribution is 9.10. The van der Waals surface area contributed by atoms with Crippen molar-refractivity contribution in [3.05, 3.63) is 63.1 Å². The van der Waals surface area contributed by atoms with Crippen molar-refractivity contribution in [1.82, 2.24) is 5.43 Å². The summed E-state index contributed by atoms with van der Waals surface area (Å²) in [4.78, 5) is 11.7. The molecular weight excluding hydrogens is 356 g/mol. The summed E-state index contributed by atoms with van der Waals surface area (Å²) in [5, 5.41) is 13.8. The number of phenols is 1. The number of rotatable bonds is 4. The summed E-state index contributed by atoms with van der Waals surface area (Å²) in [6.07, 6.45) is 1.58. The fourth-order valence-electron chi connectivity index (χ4n) is 1.68. The second-order valence-electron chi connectivity index (χ2n) is 4.28. The minimum absolute atomic E-state index is 0.0825. The van der Waals surface area contributed by atoms with Gasteiger partial charge in [-0.1, -0.05) is 57.9 Å². The number of amides is 1. The van der Waals surface area contributed by atoms with E-state index in [1.165, 1.54) is 6.21 Å². The molecular formula is C15H12BrClN2O2. The van der Waals surface area contributed by atoms with Gasteiger partial charge in [-0.25, -0.2) is 5.43 Å². The lowest BCUT2D eigenvalue weighted by Crippen LogP contribution is -2.19. The Morgan fingerprint density at radius 3 is 2.76 bits per heavy atom. The van der Waals surface area contributed by atoms with Crippen molar-refractivity contribution in [2.45, 2.75) is 6.42 Å². The van der Waals surface area contributed by atoms with E-state index in [1.807, 2.05) is 30.3 Å². The lowest BCUT2D eigenvalue weighted by atomic mass is 10.1. The van der Waals surface area contributed by atoms with E-state index in [2.05, 4.69) is 26.5 Å². The van der Waals surface area contributed by atoms with E-state index in [0.29, 0.717) is 10.0 Å². The Balaban J connectivity index is 1.98. The lowest BCUT2D eigenvalue weighted by Gasteiger charge is -2.03. The number of halogens is 2. The first-order chi connectivity index (χ1) is 10.1. The highest BCUT2D eigenvalue weighted by atomic mass is 79.9. The molecule has 0 aliphatic carbocycles. The number of nitrogens with one attached hydrogen (secondary N) is 1. The number of aromatic hydroxyl groups is 1. The largest absolute Gasteiger partial charge is 0.506 e. The van der Waals surface area contributed by atoms with Gasteiger partial charge in [0.25, 0.3) is 0 Å². The van der Waals surface area contributed by atoms with E-state index >= 15 is 0 Å². The van der Waals surface area contributed by atoms with Gasteiger partial charge in [0.1, 0.15) is 5.75 Å². The first-order valence-corrected chi connectivity index (χ1v) is 7.27. The Kier molecular flexibility index (Phi) is 5.36. The van der Waals surface area contributed by atoms with Crippen LogP contribution in [0.15, 0.2) is 52.0 Å². The van der Waals surface area contributed by atoms with Gasteiger partial charge in [-0.2, -0.15) is 5.10 Å². The standard InChI is InChI=1S/C15H12BrClN2O2/c16-12-7-11(15(21)13(17)8-12)9-18-19-14(20)6-10-4-2-1-3-5-10/h1-5,7-9,21H,6H2,(H,19,20)/b18-9-. The molecule has 0 saturated heterocycles. The molecule has 2 N–H and O–H groups in total. The highest BCUT2D eigenvalue weighted by Crippen LogP contribution is 2.30. The number of benzene rings is 2. The van der Waals surface area contributed by atoms with Crippen molar-refractivity contribution in [1.29, 1.82) is 0 Å². The van der Waals surface area contributed by atoms with Crippen molar-refractivity contribution in [3.8, 4) is 5.75 Å². The van der Waals surface area contributed by atoms with Crippen LogP contribution in [0.25, 0.3) is 0 Å². The molecule has 2 aromatic carbocycles. The van der Waals surface area contributed by atoms with Gasteiger partial charge in [0.2, 0.25) is 5.91 Å². The molecule has 0 heterocycles. The molecule has 0 aliphatic heterocycles. The third kappa shape index (κ3) is 4.58. The molecule has 0 aromatic heterocycles. The zero-order valence-electron chi connectivity index (χ0n) is 10.9. The summed E-state index contributed by atoms with van der Waals surface area (Å²) in [6.45, 7) is 0. The summed E-state index contributed by atoms with van der Waals surface area (Å²) in [5.74, 6) is -0.320. The number of carbonyl (C=O) groups excluding carboxylic acids is 1. The van der Waals surface area contributed by atoms with Gasteiger partial charge in [-0.05, 0) is 17.7 Å². The zero-order chi connectivity index (χ0) is 15.2. The van der Waals surface area contributed by atoms with Crippen molar-refractivity contribution < 1.29 is 9.90 Å². The molecule has 0 aliphatic rings. The van der Waals surface area contributed by atoms with E-state index < -0.39 is 0 Å². The molecule has 0 bridgehead atoms. The monoisotopic (exact) mass is 366 g/mol. The molecule has 0 radical (unpaired) electrons. The average molecular weight is 368 g/mol. The van der Waals surface area contributed by atoms with Crippen LogP contribution in [0.4, 0.5) is 0 Å². The molecule has 2 rings (SSSR count). The summed E-state index contributed by atoms with van der Waals surface area (Å²) in [5.41, 5.74) is 3.72. The van der Waals surface area contributed by atoms with Gasteiger partial charge in [-0.3, -0.25) is 4.79 Å². The van der Waals surface area contributed by atoms with Crippen molar-refractivity contribution in [2.24, 2.45) is 5.10 Å². The van der Waals surface area contributed by atoms with Crippen molar-refractivity contribution in [2.75, 3.05) is 0 Å². The van der Waals surface area contributed by atoms with E-state index in [9.17, 15) is 9.90 Å². The van der Waals surface area contributed by atoms with Crippen LogP contribution in [0.5, 0.6) is 5.75 Å². The molecule has 0 unspecified atom stereocenters. The maximum absolute atomic E-state index is 11.7. The second kappa shape index (κ2) is 7.24. The quantitative estimate of drug-likeness (QED) is 0.642. The maximum atomic E-state index is 11.7. The molecule has 0 atom stereocenters. The number of hydrogen-bond donors (Lipinski definition) is 2. The minimum Gasteiger partial charge on any atom is -0.506 e. The smallest absolute Gasteiger partial charge is 0.244 e. The van der Waals surface area contributed by atoms with Crippen LogP contribution < -0.4 is 5.43 Å². The Hall–Kier alpha value is -1.85. The van der Waals surface area contributed by atoms with Gasteiger partial charge in [-0.15, -0.1) is 0 Å². The fraction of sp³-hybridized carbons (Fsp3) is 0.0667. The van der Waals surface area contributed by atoms with Gasteiger partial charge < -0.3 is 5.11 Å². The van der Waals surface area contributed by atoms with Crippen LogP contribution >= 0.6 is 27.5 Å². The van der Waals surface area contributed by atoms with E-state index in [1.54, 1.807) is 12.1 Å². The second-order valence-corrected chi connectivity index (χ2v) is 5.60. The third-order valence-electron chi connectivity index (χ3n) is 2.66. The Bertz CT molecular complexity index is 675. The lowest BCUT2D eigenvalue weighted by molar-refractivity contribution is -0.120. The summed E-state index contributed by atoms with van der Waals surface area (Å²) in [7, 11) is 0. The number of hydrogen-bond acceptors (Lipinski definition) is 3. The maximum Gasteiger partial charge on any atom is 0.244 e. The van der Waals surface area contributed by atoms with Crippen LogP contribution in [0, 0.1) is 0 Å². The molecule has 4 nitrogen and oxygen atoms in total. The topological polar surface area (TPSA) is 61.7 Å². The summed E-state index contributed by atoms with van der Waals surface area (Å²) >= 11 is 9.11. The predicted molar refractivity (Wildman–Crippen MR) is 86.7 cm³/mol. The molecule has 0 saturated carbocycles. The first kappa shape index (κ1) is 15.5. The zero-order valence-corrected chi connectivity index (χ0v) is 13.2. The van der Waals surface area contributed by atoms with Gasteiger partial charge in [0, 0.05) is 10.0 Å². The Morgan fingerprint density at radius 1 is 1.33 bits per heavy atom. The molecule has 6 heteroatoms. The molecule has 0 spiro atoms. The van der Waals surface area contributed by atoms with Crippen LogP contribution in [-0.2, 0) is 11.2 Å². The highest BCUT2D eigenvalue weighted by Gasteiger charge is 2.06. The van der Waals surface area contributed by atoms with Crippen molar-refractivity contribution >= 4 is 39.7 Å². The van der Waals surface area contributed by atoms with Gasteiger partial charge in [0.05, 0.1) is 17.7 Å². The molecule has 2 aromatic rings. The first-order valence-electron chi connectivity index (χ1n) is 6.10. The third-order valence-corrected chi connectivity index (χ3v) is 3.40. The number of hydrazone groups is 1. The van der Waals surface area contributed by atoms with E-state index in [-0.39, 0.29) is 23.1 Å². The fourth-order valence-corrected chi connectivity index (χ4v) is 2.51. The Morgan fingerprint density at radius 2 is 2.05 bits per heavy atom. The normalized spacial score (nSPS) is 10.8. The Labute approximate surface area is 135 Å². The van der Waals surface area contributed by atoms with Crippen molar-refractivity contribution in [3.63, 3.8) is 0 Å². The average Bonchev–Trinajstić information content (AvgIpc) is 2.45. The predicted octanol–water partition coefficient (Wildman–Crippen LogP) is 3.50. The molecule has 1 amide bonds. The number of nitrogens with zero attached hydrogens (tertiary/aromatic N) is 1. The molecule has 21 heavy (non-hydrogen) atoms. The summed E-state index contributed by atoms with van der Waals surface area (Å²) in [6, 6.07) is 12.6. The SMILES string of the molecule is O=C(Cc1ccccc1)N/N=C\c1cc(Br)cc(Cl)c1O. The minimum atomic E-state index is -0.238. The van der Waals surface area contributed by atoms with E-state index in [0.717, 1.165) is 5.56 Å². The summed E-state index contributed by atoms with van der Waals surface area (Å²) < 4.78 is 0.711. The van der Waals surface area contributed by atoms with Crippen LogP contribution in [0.2, 0.25) is 5.02 Å². The molecule has 108 valence electrons.